The number of hydrogen-bond donors (Lipinski definition) is 2. The van der Waals surface area contributed by atoms with E-state index in [0.717, 1.165) is 5.56 Å². The second-order valence-electron chi connectivity index (χ2n) is 5.81. The summed E-state index contributed by atoms with van der Waals surface area (Å²) in [5, 5.41) is 3.49. The minimum absolute atomic E-state index is 0.155. The normalized spacial score (nSPS) is 11.8. The highest BCUT2D eigenvalue weighted by Gasteiger charge is 2.20. The number of H-pyrrole nitrogens is 1. The Balaban J connectivity index is 1.77. The van der Waals surface area contributed by atoms with Crippen molar-refractivity contribution in [1.29, 1.82) is 0 Å². The number of halogens is 1. The summed E-state index contributed by atoms with van der Waals surface area (Å²) >= 11 is 7.10. The number of rotatable bonds is 6. The topological polar surface area (TPSA) is 74.8 Å². The first-order valence-corrected chi connectivity index (χ1v) is 9.71. The molecule has 0 fully saturated rings. The third-order valence-corrected chi connectivity index (χ3v) is 5.32. The lowest BCUT2D eigenvalue weighted by Crippen LogP contribution is -2.25. The number of anilines is 1. The molecule has 0 radical (unpaired) electrons. The van der Waals surface area contributed by atoms with Gasteiger partial charge in [-0.15, -0.1) is 0 Å². The SMILES string of the molecule is CCC(Sc1nc(-c2ccccc2)cc(=O)[nH]1)C(=O)Nc1ccc(Cl)cc1. The highest BCUT2D eigenvalue weighted by molar-refractivity contribution is 8.00. The van der Waals surface area contributed by atoms with E-state index in [4.69, 9.17) is 11.6 Å². The van der Waals surface area contributed by atoms with Gasteiger partial charge >= 0.3 is 0 Å². The van der Waals surface area contributed by atoms with Crippen LogP contribution in [0.15, 0.2) is 70.6 Å². The fourth-order valence-corrected chi connectivity index (χ4v) is 3.50. The number of aromatic amines is 1. The van der Waals surface area contributed by atoms with Crippen LogP contribution < -0.4 is 10.9 Å². The molecule has 0 spiro atoms. The van der Waals surface area contributed by atoms with E-state index in [1.807, 2.05) is 37.3 Å². The fraction of sp³-hybridized carbons (Fsp3) is 0.150. The van der Waals surface area contributed by atoms with Crippen molar-refractivity contribution < 1.29 is 4.79 Å². The molecule has 1 unspecified atom stereocenters. The van der Waals surface area contributed by atoms with Crippen molar-refractivity contribution >= 4 is 35.0 Å². The largest absolute Gasteiger partial charge is 0.325 e. The molecular weight excluding hydrogens is 382 g/mol. The van der Waals surface area contributed by atoms with Gasteiger partial charge in [-0.3, -0.25) is 9.59 Å². The van der Waals surface area contributed by atoms with Crippen LogP contribution in [0.1, 0.15) is 13.3 Å². The Bertz CT molecular complexity index is 975. The average Bonchev–Trinajstić information content (AvgIpc) is 2.68. The van der Waals surface area contributed by atoms with Gasteiger partial charge in [0.15, 0.2) is 5.16 Å². The number of carbonyl (C=O) groups is 1. The predicted octanol–water partition coefficient (Wildman–Crippen LogP) is 4.60. The van der Waals surface area contributed by atoms with E-state index in [0.29, 0.717) is 28.0 Å². The lowest BCUT2D eigenvalue weighted by atomic mass is 10.1. The Morgan fingerprint density at radius 3 is 2.56 bits per heavy atom. The summed E-state index contributed by atoms with van der Waals surface area (Å²) in [6.45, 7) is 1.91. The first kappa shape index (κ1) is 19.2. The predicted molar refractivity (Wildman–Crippen MR) is 110 cm³/mol. The standard InChI is InChI=1S/C20H18ClN3O2S/c1-2-17(19(26)22-15-10-8-14(21)9-11-15)27-20-23-16(12-18(25)24-20)13-6-4-3-5-7-13/h3-12,17H,2H2,1H3,(H,22,26)(H,23,24,25). The van der Waals surface area contributed by atoms with Crippen molar-refractivity contribution in [3.05, 3.63) is 76.0 Å². The minimum atomic E-state index is -0.394. The third kappa shape index (κ3) is 5.21. The molecule has 1 aromatic heterocycles. The molecule has 3 aromatic rings. The Morgan fingerprint density at radius 2 is 1.89 bits per heavy atom. The molecule has 0 bridgehead atoms. The van der Waals surface area contributed by atoms with Crippen LogP contribution >= 0.6 is 23.4 Å². The quantitative estimate of drug-likeness (QED) is 0.469. The van der Waals surface area contributed by atoms with Gasteiger partial charge in [-0.1, -0.05) is 60.6 Å². The van der Waals surface area contributed by atoms with Crippen LogP contribution in [0, 0.1) is 0 Å². The summed E-state index contributed by atoms with van der Waals surface area (Å²) in [6, 6.07) is 17.8. The maximum absolute atomic E-state index is 12.6. The van der Waals surface area contributed by atoms with Crippen molar-refractivity contribution in [2.75, 3.05) is 5.32 Å². The number of benzene rings is 2. The Morgan fingerprint density at radius 1 is 1.19 bits per heavy atom. The van der Waals surface area contributed by atoms with Crippen LogP contribution in [0.3, 0.4) is 0 Å². The molecule has 2 N–H and O–H groups in total. The molecule has 0 aliphatic rings. The van der Waals surface area contributed by atoms with Gasteiger partial charge in [0.25, 0.3) is 5.56 Å². The van der Waals surface area contributed by atoms with Gasteiger partial charge in [0.05, 0.1) is 10.9 Å². The number of hydrogen-bond acceptors (Lipinski definition) is 4. The molecule has 0 aliphatic heterocycles. The van der Waals surface area contributed by atoms with Crippen molar-refractivity contribution in [2.24, 2.45) is 0 Å². The minimum Gasteiger partial charge on any atom is -0.325 e. The van der Waals surface area contributed by atoms with Gasteiger partial charge in [-0.2, -0.15) is 0 Å². The van der Waals surface area contributed by atoms with Gasteiger partial charge in [0, 0.05) is 22.3 Å². The van der Waals surface area contributed by atoms with Gasteiger partial charge in [0.2, 0.25) is 5.91 Å². The van der Waals surface area contributed by atoms with Gasteiger partial charge < -0.3 is 10.3 Å². The molecular formula is C20H18ClN3O2S. The summed E-state index contributed by atoms with van der Waals surface area (Å²) in [7, 11) is 0. The number of nitrogens with zero attached hydrogens (tertiary/aromatic N) is 1. The summed E-state index contributed by atoms with van der Waals surface area (Å²) in [4.78, 5) is 31.8. The average molecular weight is 400 g/mol. The van der Waals surface area contributed by atoms with Crippen LogP contribution in [0.25, 0.3) is 11.3 Å². The first-order chi connectivity index (χ1) is 13.0. The zero-order valence-corrected chi connectivity index (χ0v) is 16.2. The maximum Gasteiger partial charge on any atom is 0.252 e. The van der Waals surface area contributed by atoms with Crippen molar-refractivity contribution in [3.8, 4) is 11.3 Å². The molecule has 0 saturated heterocycles. The number of thioether (sulfide) groups is 1. The molecule has 0 saturated carbocycles. The summed E-state index contributed by atoms with van der Waals surface area (Å²) < 4.78 is 0. The second kappa shape index (κ2) is 8.88. The number of nitrogens with one attached hydrogen (secondary N) is 2. The first-order valence-electron chi connectivity index (χ1n) is 8.45. The van der Waals surface area contributed by atoms with Crippen molar-refractivity contribution in [1.82, 2.24) is 9.97 Å². The van der Waals surface area contributed by atoms with E-state index in [2.05, 4.69) is 15.3 Å². The summed E-state index contributed by atoms with van der Waals surface area (Å²) in [6.07, 6.45) is 0.587. The van der Waals surface area contributed by atoms with Crippen LogP contribution in [0.2, 0.25) is 5.02 Å². The van der Waals surface area contributed by atoms with Crippen LogP contribution in [-0.2, 0) is 4.79 Å². The van der Waals surface area contributed by atoms with E-state index >= 15 is 0 Å². The molecule has 1 atom stereocenters. The number of carbonyl (C=O) groups excluding carboxylic acids is 1. The third-order valence-electron chi connectivity index (χ3n) is 3.82. The number of amides is 1. The smallest absolute Gasteiger partial charge is 0.252 e. The van der Waals surface area contributed by atoms with Crippen LogP contribution in [0.4, 0.5) is 5.69 Å². The van der Waals surface area contributed by atoms with E-state index in [-0.39, 0.29) is 11.5 Å². The number of aromatic nitrogens is 2. The zero-order chi connectivity index (χ0) is 19.2. The fourth-order valence-electron chi connectivity index (χ4n) is 2.46. The molecule has 5 nitrogen and oxygen atoms in total. The second-order valence-corrected chi connectivity index (χ2v) is 7.44. The summed E-state index contributed by atoms with van der Waals surface area (Å²) in [5.41, 5.74) is 1.85. The molecule has 7 heteroatoms. The van der Waals surface area contributed by atoms with Gasteiger partial charge in [-0.05, 0) is 30.7 Å². The van der Waals surface area contributed by atoms with E-state index < -0.39 is 5.25 Å². The zero-order valence-electron chi connectivity index (χ0n) is 14.6. The molecule has 138 valence electrons. The monoisotopic (exact) mass is 399 g/mol. The van der Waals surface area contributed by atoms with Crippen LogP contribution in [0.5, 0.6) is 0 Å². The summed E-state index contributed by atoms with van der Waals surface area (Å²) in [5.74, 6) is -0.155. The van der Waals surface area contributed by atoms with Crippen LogP contribution in [-0.4, -0.2) is 21.1 Å². The molecule has 0 aliphatic carbocycles. The highest BCUT2D eigenvalue weighted by atomic mass is 35.5. The lowest BCUT2D eigenvalue weighted by molar-refractivity contribution is -0.115. The van der Waals surface area contributed by atoms with Crippen molar-refractivity contribution in [2.45, 2.75) is 23.8 Å². The Hall–Kier alpha value is -2.57. The van der Waals surface area contributed by atoms with E-state index in [1.165, 1.54) is 17.8 Å². The molecule has 2 aromatic carbocycles. The molecule has 1 heterocycles. The maximum atomic E-state index is 12.6. The molecule has 27 heavy (non-hydrogen) atoms. The molecule has 3 rings (SSSR count). The van der Waals surface area contributed by atoms with Crippen molar-refractivity contribution in [3.63, 3.8) is 0 Å². The lowest BCUT2D eigenvalue weighted by Gasteiger charge is -2.14. The molecule has 1 amide bonds. The van der Waals surface area contributed by atoms with Gasteiger partial charge in [-0.25, -0.2) is 4.98 Å². The van der Waals surface area contributed by atoms with E-state index in [9.17, 15) is 9.59 Å². The van der Waals surface area contributed by atoms with Gasteiger partial charge in [0.1, 0.15) is 0 Å². The highest BCUT2D eigenvalue weighted by Crippen LogP contribution is 2.25. The Kier molecular flexibility index (Phi) is 6.32. The van der Waals surface area contributed by atoms with E-state index in [1.54, 1.807) is 24.3 Å². The Labute approximate surface area is 166 Å².